The Kier molecular flexibility index (Phi) is 3.80. The Morgan fingerprint density at radius 3 is 2.61 bits per heavy atom. The Bertz CT molecular complexity index is 906. The third-order valence-corrected chi connectivity index (χ3v) is 4.76. The number of benzene rings is 2. The van der Waals surface area contributed by atoms with Crippen molar-refractivity contribution in [3.63, 3.8) is 0 Å². The maximum Gasteiger partial charge on any atom is 0.154 e. The van der Waals surface area contributed by atoms with E-state index < -0.39 is 5.41 Å². The number of rotatable bonds is 3. The van der Waals surface area contributed by atoms with Gasteiger partial charge in [0.25, 0.3) is 0 Å². The SMILES string of the molecule is Cc1ccc(O)cc1C(C)(C)c1oc2cc(Br)ccc2c1C=O. The summed E-state index contributed by atoms with van der Waals surface area (Å²) in [6.07, 6.45) is 0.842. The molecular weight excluding hydrogens is 356 g/mol. The first-order valence-corrected chi connectivity index (χ1v) is 8.11. The number of halogens is 1. The average molecular weight is 373 g/mol. The molecule has 3 rings (SSSR count). The van der Waals surface area contributed by atoms with E-state index >= 15 is 0 Å². The van der Waals surface area contributed by atoms with Gasteiger partial charge in [-0.1, -0.05) is 22.0 Å². The molecule has 1 aromatic heterocycles. The van der Waals surface area contributed by atoms with Gasteiger partial charge in [-0.05, 0) is 62.2 Å². The van der Waals surface area contributed by atoms with Crippen LogP contribution < -0.4 is 0 Å². The summed E-state index contributed by atoms with van der Waals surface area (Å²) in [7, 11) is 0. The molecule has 0 unspecified atom stereocenters. The normalized spacial score (nSPS) is 11.8. The maximum atomic E-state index is 11.7. The minimum Gasteiger partial charge on any atom is -0.508 e. The van der Waals surface area contributed by atoms with Crippen molar-refractivity contribution in [2.24, 2.45) is 0 Å². The number of furan rings is 1. The van der Waals surface area contributed by atoms with E-state index in [4.69, 9.17) is 4.42 Å². The maximum absolute atomic E-state index is 11.7. The molecule has 0 aliphatic carbocycles. The fourth-order valence-corrected chi connectivity index (χ4v) is 3.42. The Hall–Kier alpha value is -2.07. The van der Waals surface area contributed by atoms with Crippen molar-refractivity contribution in [1.29, 1.82) is 0 Å². The largest absolute Gasteiger partial charge is 0.508 e. The summed E-state index contributed by atoms with van der Waals surface area (Å²) in [5, 5.41) is 10.6. The summed E-state index contributed by atoms with van der Waals surface area (Å²) in [6, 6.07) is 10.9. The third kappa shape index (κ3) is 2.57. The van der Waals surface area contributed by atoms with Crippen LogP contribution in [0.1, 0.15) is 41.1 Å². The fourth-order valence-electron chi connectivity index (χ4n) is 3.08. The smallest absolute Gasteiger partial charge is 0.154 e. The number of carbonyl (C=O) groups excluding carboxylic acids is 1. The first-order chi connectivity index (χ1) is 10.8. The number of fused-ring (bicyclic) bond motifs is 1. The van der Waals surface area contributed by atoms with Gasteiger partial charge in [0.2, 0.25) is 0 Å². The number of aldehydes is 1. The van der Waals surface area contributed by atoms with E-state index in [0.717, 1.165) is 27.3 Å². The van der Waals surface area contributed by atoms with E-state index in [2.05, 4.69) is 15.9 Å². The topological polar surface area (TPSA) is 50.4 Å². The van der Waals surface area contributed by atoms with Gasteiger partial charge in [-0.25, -0.2) is 0 Å². The minimum absolute atomic E-state index is 0.199. The molecule has 0 atom stereocenters. The molecule has 0 aliphatic heterocycles. The van der Waals surface area contributed by atoms with Crippen LogP contribution in [0.2, 0.25) is 0 Å². The number of aryl methyl sites for hydroxylation is 1. The lowest BCUT2D eigenvalue weighted by Crippen LogP contribution is -2.21. The van der Waals surface area contributed by atoms with E-state index in [9.17, 15) is 9.90 Å². The van der Waals surface area contributed by atoms with Gasteiger partial charge in [0.1, 0.15) is 17.1 Å². The van der Waals surface area contributed by atoms with Crippen LogP contribution in [0.5, 0.6) is 5.75 Å². The third-order valence-electron chi connectivity index (χ3n) is 4.27. The highest BCUT2D eigenvalue weighted by atomic mass is 79.9. The molecular formula is C19H17BrO3. The Labute approximate surface area is 143 Å². The summed E-state index contributed by atoms with van der Waals surface area (Å²) in [4.78, 5) is 11.7. The Balaban J connectivity index is 2.29. The van der Waals surface area contributed by atoms with Crippen molar-refractivity contribution < 1.29 is 14.3 Å². The van der Waals surface area contributed by atoms with Crippen LogP contribution in [-0.4, -0.2) is 11.4 Å². The van der Waals surface area contributed by atoms with Gasteiger partial charge in [-0.15, -0.1) is 0 Å². The lowest BCUT2D eigenvalue weighted by molar-refractivity contribution is 0.112. The molecule has 0 spiro atoms. The van der Waals surface area contributed by atoms with E-state index in [1.54, 1.807) is 12.1 Å². The van der Waals surface area contributed by atoms with Crippen molar-refractivity contribution >= 4 is 33.2 Å². The number of hydrogen-bond acceptors (Lipinski definition) is 3. The lowest BCUT2D eigenvalue weighted by atomic mass is 9.78. The van der Waals surface area contributed by atoms with Crippen molar-refractivity contribution in [3.05, 3.63) is 63.3 Å². The average Bonchev–Trinajstić information content (AvgIpc) is 2.87. The zero-order valence-electron chi connectivity index (χ0n) is 13.2. The monoisotopic (exact) mass is 372 g/mol. The van der Waals surface area contributed by atoms with Gasteiger partial charge < -0.3 is 9.52 Å². The molecule has 4 heteroatoms. The molecule has 0 amide bonds. The van der Waals surface area contributed by atoms with Crippen LogP contribution in [0, 0.1) is 6.92 Å². The van der Waals surface area contributed by atoms with Crippen LogP contribution in [0.15, 0.2) is 45.3 Å². The predicted molar refractivity (Wildman–Crippen MR) is 94.3 cm³/mol. The molecule has 0 fully saturated rings. The van der Waals surface area contributed by atoms with Gasteiger partial charge in [-0.2, -0.15) is 0 Å². The summed E-state index contributed by atoms with van der Waals surface area (Å²) in [5.74, 6) is 0.805. The van der Waals surface area contributed by atoms with Gasteiger partial charge in [0.15, 0.2) is 6.29 Å². The number of carbonyl (C=O) groups is 1. The second kappa shape index (κ2) is 5.53. The van der Waals surface area contributed by atoms with Crippen molar-refractivity contribution in [2.75, 3.05) is 0 Å². The zero-order chi connectivity index (χ0) is 16.8. The first-order valence-electron chi connectivity index (χ1n) is 7.32. The highest BCUT2D eigenvalue weighted by molar-refractivity contribution is 9.10. The summed E-state index contributed by atoms with van der Waals surface area (Å²) in [6.45, 7) is 5.97. The second-order valence-corrected chi connectivity index (χ2v) is 7.14. The molecule has 1 heterocycles. The number of hydrogen-bond donors (Lipinski definition) is 1. The summed E-state index contributed by atoms with van der Waals surface area (Å²) < 4.78 is 6.94. The molecule has 0 aliphatic rings. The van der Waals surface area contributed by atoms with E-state index in [1.807, 2.05) is 45.0 Å². The molecule has 2 aromatic carbocycles. The van der Waals surface area contributed by atoms with Gasteiger partial charge in [0, 0.05) is 15.3 Å². The molecule has 0 radical (unpaired) electrons. The molecule has 118 valence electrons. The van der Waals surface area contributed by atoms with Crippen molar-refractivity contribution in [2.45, 2.75) is 26.2 Å². The van der Waals surface area contributed by atoms with Crippen LogP contribution in [0.4, 0.5) is 0 Å². The van der Waals surface area contributed by atoms with Crippen LogP contribution in [0.25, 0.3) is 11.0 Å². The standard InChI is InChI=1S/C19H17BrO3/c1-11-4-6-13(22)9-16(11)19(2,3)18-15(10-21)14-7-5-12(20)8-17(14)23-18/h4-10,22H,1-3H3. The molecule has 0 bridgehead atoms. The fraction of sp³-hybridized carbons (Fsp3) is 0.211. The Morgan fingerprint density at radius 2 is 1.91 bits per heavy atom. The van der Waals surface area contributed by atoms with Gasteiger partial charge >= 0.3 is 0 Å². The first kappa shape index (κ1) is 15.8. The van der Waals surface area contributed by atoms with E-state index in [-0.39, 0.29) is 5.75 Å². The van der Waals surface area contributed by atoms with Gasteiger partial charge in [-0.3, -0.25) is 4.79 Å². The molecule has 3 nitrogen and oxygen atoms in total. The van der Waals surface area contributed by atoms with Gasteiger partial charge in [0.05, 0.1) is 5.56 Å². The quantitative estimate of drug-likeness (QED) is 0.630. The molecule has 3 aromatic rings. The summed E-state index contributed by atoms with van der Waals surface area (Å²) >= 11 is 3.42. The highest BCUT2D eigenvalue weighted by Gasteiger charge is 2.32. The van der Waals surface area contributed by atoms with Crippen molar-refractivity contribution in [1.82, 2.24) is 0 Å². The molecule has 0 saturated heterocycles. The lowest BCUT2D eigenvalue weighted by Gasteiger charge is -2.25. The number of aromatic hydroxyl groups is 1. The predicted octanol–water partition coefficient (Wildman–Crippen LogP) is 5.35. The summed E-state index contributed by atoms with van der Waals surface area (Å²) in [5.41, 5.74) is 2.64. The van der Waals surface area contributed by atoms with Crippen LogP contribution in [0.3, 0.4) is 0 Å². The van der Waals surface area contributed by atoms with Crippen molar-refractivity contribution in [3.8, 4) is 5.75 Å². The molecule has 0 saturated carbocycles. The van der Waals surface area contributed by atoms with E-state index in [1.165, 1.54) is 0 Å². The van der Waals surface area contributed by atoms with Crippen LogP contribution >= 0.6 is 15.9 Å². The Morgan fingerprint density at radius 1 is 1.17 bits per heavy atom. The zero-order valence-corrected chi connectivity index (χ0v) is 14.8. The van der Waals surface area contributed by atoms with Crippen LogP contribution in [-0.2, 0) is 5.41 Å². The molecule has 23 heavy (non-hydrogen) atoms. The number of phenolic OH excluding ortho intramolecular Hbond substituents is 1. The second-order valence-electron chi connectivity index (χ2n) is 6.23. The number of phenols is 1. The highest BCUT2D eigenvalue weighted by Crippen LogP contribution is 2.40. The van der Waals surface area contributed by atoms with E-state index in [0.29, 0.717) is 16.9 Å². The minimum atomic E-state index is -0.551. The molecule has 1 N–H and O–H groups in total.